The number of nitrogens with one attached hydrogen (secondary N) is 1. The van der Waals surface area contributed by atoms with Gasteiger partial charge in [-0.2, -0.15) is 0 Å². The van der Waals surface area contributed by atoms with Gasteiger partial charge in [-0.3, -0.25) is 4.79 Å². The van der Waals surface area contributed by atoms with Gasteiger partial charge < -0.3 is 15.2 Å². The maximum absolute atomic E-state index is 11.3. The minimum absolute atomic E-state index is 0.0200. The quantitative estimate of drug-likeness (QED) is 0.560. The zero-order chi connectivity index (χ0) is 12.2. The molecule has 1 atom stereocenters. The van der Waals surface area contributed by atoms with Crippen molar-refractivity contribution in [1.82, 2.24) is 5.32 Å². The molecule has 0 aliphatic rings. The molecule has 0 rings (SSSR count). The lowest BCUT2D eigenvalue weighted by Gasteiger charge is -2.10. The Hall–Kier alpha value is -0.610. The second-order valence-electron chi connectivity index (χ2n) is 4.08. The topological polar surface area (TPSA) is 58.6 Å². The molecule has 0 aromatic carbocycles. The maximum Gasteiger partial charge on any atom is 0.220 e. The third kappa shape index (κ3) is 9.93. The monoisotopic (exact) mass is 231 g/mol. The van der Waals surface area contributed by atoms with Crippen molar-refractivity contribution in [3.63, 3.8) is 0 Å². The summed E-state index contributed by atoms with van der Waals surface area (Å²) < 4.78 is 4.76. The summed E-state index contributed by atoms with van der Waals surface area (Å²) in [5, 5.41) is 12.0. The first-order valence-electron chi connectivity index (χ1n) is 6.14. The number of rotatable bonds is 10. The predicted molar refractivity (Wildman–Crippen MR) is 64.3 cm³/mol. The van der Waals surface area contributed by atoms with Gasteiger partial charge in [-0.15, -0.1) is 0 Å². The summed E-state index contributed by atoms with van der Waals surface area (Å²) in [6.45, 7) is 2.71. The fourth-order valence-corrected chi connectivity index (χ4v) is 1.46. The van der Waals surface area contributed by atoms with Crippen LogP contribution in [-0.2, 0) is 9.53 Å². The number of hydrogen-bond acceptors (Lipinski definition) is 3. The van der Waals surface area contributed by atoms with Gasteiger partial charge >= 0.3 is 0 Å². The van der Waals surface area contributed by atoms with Crippen LogP contribution in [0.5, 0.6) is 0 Å². The summed E-state index contributed by atoms with van der Waals surface area (Å²) in [7, 11) is 1.53. The highest BCUT2D eigenvalue weighted by Crippen LogP contribution is 2.04. The lowest BCUT2D eigenvalue weighted by atomic mass is 10.1. The minimum Gasteiger partial charge on any atom is -0.389 e. The number of hydrogen-bond donors (Lipinski definition) is 2. The molecule has 0 bridgehead atoms. The van der Waals surface area contributed by atoms with E-state index in [1.54, 1.807) is 0 Å². The van der Waals surface area contributed by atoms with E-state index in [-0.39, 0.29) is 19.1 Å². The molecule has 0 heterocycles. The van der Waals surface area contributed by atoms with Gasteiger partial charge in [0.05, 0.1) is 12.7 Å². The lowest BCUT2D eigenvalue weighted by Crippen LogP contribution is -2.34. The third-order valence-corrected chi connectivity index (χ3v) is 2.40. The van der Waals surface area contributed by atoms with Crippen LogP contribution >= 0.6 is 0 Å². The lowest BCUT2D eigenvalue weighted by molar-refractivity contribution is -0.121. The Bertz CT molecular complexity index is 174. The summed E-state index contributed by atoms with van der Waals surface area (Å²) in [4.78, 5) is 11.3. The van der Waals surface area contributed by atoms with Gasteiger partial charge in [-0.25, -0.2) is 0 Å². The molecule has 96 valence electrons. The summed E-state index contributed by atoms with van der Waals surface area (Å²) in [6.07, 6.45) is 5.67. The van der Waals surface area contributed by atoms with E-state index >= 15 is 0 Å². The van der Waals surface area contributed by atoms with Crippen molar-refractivity contribution in [1.29, 1.82) is 0 Å². The van der Waals surface area contributed by atoms with Crippen LogP contribution in [0.15, 0.2) is 0 Å². The van der Waals surface area contributed by atoms with Crippen LogP contribution < -0.4 is 5.32 Å². The highest BCUT2D eigenvalue weighted by molar-refractivity contribution is 5.75. The Morgan fingerprint density at radius 1 is 1.31 bits per heavy atom. The van der Waals surface area contributed by atoms with Crippen LogP contribution in [0.2, 0.25) is 0 Å². The molecule has 0 radical (unpaired) electrons. The molecule has 1 unspecified atom stereocenters. The van der Waals surface area contributed by atoms with Crippen LogP contribution in [0.25, 0.3) is 0 Å². The van der Waals surface area contributed by atoms with E-state index in [0.29, 0.717) is 6.42 Å². The molecule has 0 saturated heterocycles. The molecule has 0 spiro atoms. The van der Waals surface area contributed by atoms with Gasteiger partial charge in [-0.05, 0) is 6.42 Å². The molecule has 0 aliphatic heterocycles. The smallest absolute Gasteiger partial charge is 0.220 e. The summed E-state index contributed by atoms with van der Waals surface area (Å²) in [5.74, 6) is 0.0200. The van der Waals surface area contributed by atoms with Crippen LogP contribution in [0, 0.1) is 0 Å². The van der Waals surface area contributed by atoms with Gasteiger partial charge in [0.25, 0.3) is 0 Å². The van der Waals surface area contributed by atoms with Gasteiger partial charge in [-0.1, -0.05) is 32.6 Å². The number of aliphatic hydroxyl groups is 1. The highest BCUT2D eigenvalue weighted by Gasteiger charge is 2.05. The van der Waals surface area contributed by atoms with Crippen molar-refractivity contribution in [2.75, 3.05) is 20.3 Å². The molecule has 0 saturated carbocycles. The van der Waals surface area contributed by atoms with Crippen molar-refractivity contribution in [2.45, 2.75) is 51.6 Å². The molecule has 0 aromatic heterocycles. The Labute approximate surface area is 98.4 Å². The largest absolute Gasteiger partial charge is 0.389 e. The molecule has 4 heteroatoms. The fraction of sp³-hybridized carbons (Fsp3) is 0.917. The van der Waals surface area contributed by atoms with Crippen molar-refractivity contribution >= 4 is 5.91 Å². The van der Waals surface area contributed by atoms with E-state index in [1.165, 1.54) is 26.4 Å². The number of aliphatic hydroxyl groups excluding tert-OH is 1. The molecular formula is C12H25NO3. The molecule has 2 N–H and O–H groups in total. The van der Waals surface area contributed by atoms with E-state index in [2.05, 4.69) is 12.2 Å². The fourth-order valence-electron chi connectivity index (χ4n) is 1.46. The summed E-state index contributed by atoms with van der Waals surface area (Å²) in [5.41, 5.74) is 0. The number of unbranched alkanes of at least 4 members (excludes halogenated alkanes) is 4. The van der Waals surface area contributed by atoms with Crippen LogP contribution in [0.3, 0.4) is 0 Å². The van der Waals surface area contributed by atoms with Crippen molar-refractivity contribution in [3.05, 3.63) is 0 Å². The predicted octanol–water partition coefficient (Wildman–Crippen LogP) is 1.47. The first-order valence-corrected chi connectivity index (χ1v) is 6.14. The van der Waals surface area contributed by atoms with Gasteiger partial charge in [0.1, 0.15) is 0 Å². The van der Waals surface area contributed by atoms with Gasteiger partial charge in [0, 0.05) is 20.1 Å². The first-order chi connectivity index (χ1) is 7.70. The SMILES string of the molecule is CCCCCCCC(=O)NCC(O)COC. The number of carbonyl (C=O) groups is 1. The number of methoxy groups -OCH3 is 1. The standard InChI is InChI=1S/C12H25NO3/c1-3-4-5-6-7-8-12(15)13-9-11(14)10-16-2/h11,14H,3-10H2,1-2H3,(H,13,15). The Kier molecular flexibility index (Phi) is 10.5. The average molecular weight is 231 g/mol. The van der Waals surface area contributed by atoms with E-state index < -0.39 is 6.10 Å². The normalized spacial score (nSPS) is 12.4. The second kappa shape index (κ2) is 10.9. The molecule has 16 heavy (non-hydrogen) atoms. The number of carbonyl (C=O) groups excluding carboxylic acids is 1. The van der Waals surface area contributed by atoms with E-state index in [9.17, 15) is 9.90 Å². The van der Waals surface area contributed by atoms with Crippen molar-refractivity contribution < 1.29 is 14.6 Å². The Morgan fingerprint density at radius 3 is 2.62 bits per heavy atom. The van der Waals surface area contributed by atoms with Crippen molar-refractivity contribution in [3.8, 4) is 0 Å². The summed E-state index contributed by atoms with van der Waals surface area (Å²) in [6, 6.07) is 0. The average Bonchev–Trinajstić information content (AvgIpc) is 2.26. The Morgan fingerprint density at radius 2 is 2.00 bits per heavy atom. The highest BCUT2D eigenvalue weighted by atomic mass is 16.5. The molecular weight excluding hydrogens is 206 g/mol. The van der Waals surface area contributed by atoms with Crippen LogP contribution in [0.1, 0.15) is 45.4 Å². The van der Waals surface area contributed by atoms with E-state index in [1.807, 2.05) is 0 Å². The van der Waals surface area contributed by atoms with Crippen LogP contribution in [0.4, 0.5) is 0 Å². The Balaban J connectivity index is 3.30. The second-order valence-corrected chi connectivity index (χ2v) is 4.08. The maximum atomic E-state index is 11.3. The molecule has 0 fully saturated rings. The minimum atomic E-state index is -0.603. The number of ether oxygens (including phenoxy) is 1. The van der Waals surface area contributed by atoms with E-state index in [0.717, 1.165) is 12.8 Å². The third-order valence-electron chi connectivity index (χ3n) is 2.40. The van der Waals surface area contributed by atoms with Gasteiger partial charge in [0.15, 0.2) is 0 Å². The molecule has 1 amide bonds. The number of amides is 1. The summed E-state index contributed by atoms with van der Waals surface area (Å²) >= 11 is 0. The van der Waals surface area contributed by atoms with Gasteiger partial charge in [0.2, 0.25) is 5.91 Å². The van der Waals surface area contributed by atoms with Crippen molar-refractivity contribution in [2.24, 2.45) is 0 Å². The molecule has 4 nitrogen and oxygen atoms in total. The first kappa shape index (κ1) is 15.4. The molecule has 0 aliphatic carbocycles. The van der Waals surface area contributed by atoms with Crippen LogP contribution in [-0.4, -0.2) is 37.4 Å². The molecule has 0 aromatic rings. The zero-order valence-corrected chi connectivity index (χ0v) is 10.5. The van der Waals surface area contributed by atoms with E-state index in [4.69, 9.17) is 4.74 Å². The zero-order valence-electron chi connectivity index (χ0n) is 10.5.